The summed E-state index contributed by atoms with van der Waals surface area (Å²) in [6.45, 7) is 0. The highest BCUT2D eigenvalue weighted by molar-refractivity contribution is 7.97. The first-order valence-electron chi connectivity index (χ1n) is 9.22. The molecule has 30 heavy (non-hydrogen) atoms. The third-order valence-electron chi connectivity index (χ3n) is 4.38. The molecular formula is C24H18FNO2S2. The van der Waals surface area contributed by atoms with Crippen molar-refractivity contribution in [2.24, 2.45) is 0 Å². The van der Waals surface area contributed by atoms with E-state index in [9.17, 15) is 12.8 Å². The largest absolute Gasteiger partial charge is 0.569 e. The van der Waals surface area contributed by atoms with Gasteiger partial charge in [-0.15, -0.1) is 0 Å². The summed E-state index contributed by atoms with van der Waals surface area (Å²) in [6, 6.07) is 32.1. The van der Waals surface area contributed by atoms with Gasteiger partial charge in [-0.2, -0.15) is 0 Å². The highest BCUT2D eigenvalue weighted by Crippen LogP contribution is 2.40. The maximum Gasteiger partial charge on any atom is 0.166 e. The van der Waals surface area contributed by atoms with Crippen LogP contribution in [0.25, 0.3) is 4.72 Å². The molecule has 0 saturated heterocycles. The number of benzene rings is 4. The van der Waals surface area contributed by atoms with Crippen molar-refractivity contribution < 1.29 is 12.8 Å². The van der Waals surface area contributed by atoms with Crippen molar-refractivity contribution >= 4 is 26.6 Å². The van der Waals surface area contributed by atoms with Gasteiger partial charge in [-0.3, -0.25) is 0 Å². The lowest BCUT2D eigenvalue weighted by Gasteiger charge is -2.24. The Morgan fingerprint density at radius 2 is 1.13 bits per heavy atom. The van der Waals surface area contributed by atoms with Crippen LogP contribution in [0.5, 0.6) is 0 Å². The Morgan fingerprint density at radius 1 is 0.633 bits per heavy atom. The van der Waals surface area contributed by atoms with Crippen LogP contribution < -0.4 is 0 Å². The molecule has 0 atom stereocenters. The average Bonchev–Trinajstić information content (AvgIpc) is 2.77. The molecule has 6 heteroatoms. The molecule has 4 aromatic rings. The van der Waals surface area contributed by atoms with Crippen molar-refractivity contribution in [3.05, 3.63) is 120 Å². The molecule has 0 heterocycles. The van der Waals surface area contributed by atoms with Crippen molar-refractivity contribution in [3.8, 4) is 0 Å². The molecule has 0 aliphatic rings. The van der Waals surface area contributed by atoms with Crippen molar-refractivity contribution in [3.63, 3.8) is 0 Å². The van der Waals surface area contributed by atoms with Gasteiger partial charge in [-0.1, -0.05) is 72.4 Å². The summed E-state index contributed by atoms with van der Waals surface area (Å²) in [4.78, 5) is 2.40. The predicted molar refractivity (Wildman–Crippen MR) is 118 cm³/mol. The molecule has 3 nitrogen and oxygen atoms in total. The van der Waals surface area contributed by atoms with Crippen LogP contribution in [-0.2, 0) is 20.9 Å². The fourth-order valence-corrected chi connectivity index (χ4v) is 6.36. The minimum atomic E-state index is -4.21. The number of nitrogens with zero attached hydrogens (tertiary/aromatic N) is 1. The second-order valence-electron chi connectivity index (χ2n) is 6.40. The number of hydrogen-bond acceptors (Lipinski definition) is 2. The quantitative estimate of drug-likeness (QED) is 0.333. The molecule has 0 amide bonds. The third-order valence-corrected chi connectivity index (χ3v) is 7.97. The molecule has 0 saturated carbocycles. The first-order valence-corrected chi connectivity index (χ1v) is 11.9. The molecule has 0 aromatic heterocycles. The van der Waals surface area contributed by atoms with Gasteiger partial charge in [0, 0.05) is 0 Å². The van der Waals surface area contributed by atoms with E-state index in [4.69, 9.17) is 0 Å². The van der Waals surface area contributed by atoms with Crippen molar-refractivity contribution in [1.29, 1.82) is 0 Å². The minimum absolute atomic E-state index is 0.303. The molecule has 0 spiro atoms. The van der Waals surface area contributed by atoms with E-state index in [0.29, 0.717) is 5.69 Å². The van der Waals surface area contributed by atoms with Crippen LogP contribution in [0.3, 0.4) is 0 Å². The normalized spacial score (nSPS) is 11.4. The van der Waals surface area contributed by atoms with Gasteiger partial charge in [0.05, 0.1) is 15.8 Å². The van der Waals surface area contributed by atoms with Crippen LogP contribution >= 0.6 is 0 Å². The van der Waals surface area contributed by atoms with E-state index in [-0.39, 0.29) is 0 Å². The maximum atomic E-state index is 14.1. The number of hydrogen-bond donors (Lipinski definition) is 0. The summed E-state index contributed by atoms with van der Waals surface area (Å²) >= 11 is 0. The van der Waals surface area contributed by atoms with Gasteiger partial charge < -0.3 is 4.72 Å². The van der Waals surface area contributed by atoms with Gasteiger partial charge in [0.1, 0.15) is 15.8 Å². The Kier molecular flexibility index (Phi) is 5.88. The summed E-state index contributed by atoms with van der Waals surface area (Å²) in [5.41, 5.74) is 0.303. The first kappa shape index (κ1) is 20.2. The van der Waals surface area contributed by atoms with E-state index >= 15 is 0 Å². The topological polar surface area (TPSA) is 48.2 Å². The SMILES string of the molecule is O=S(=O)([N-]c1ccccc1[S+](c1ccccc1)c1ccccc1)c1ccccc1F. The molecule has 0 aliphatic carbocycles. The van der Waals surface area contributed by atoms with Crippen LogP contribution in [0.15, 0.2) is 129 Å². The van der Waals surface area contributed by atoms with Gasteiger partial charge in [-0.05, 0) is 42.5 Å². The van der Waals surface area contributed by atoms with Crippen LogP contribution in [-0.4, -0.2) is 8.42 Å². The van der Waals surface area contributed by atoms with Crippen LogP contribution in [0.4, 0.5) is 10.1 Å². The zero-order valence-corrected chi connectivity index (χ0v) is 17.5. The fraction of sp³-hybridized carbons (Fsp3) is 0. The Morgan fingerprint density at radius 3 is 1.73 bits per heavy atom. The molecule has 0 fully saturated rings. The second-order valence-corrected chi connectivity index (χ2v) is 9.96. The number of halogens is 1. The van der Waals surface area contributed by atoms with E-state index < -0.39 is 31.6 Å². The summed E-state index contributed by atoms with van der Waals surface area (Å²) in [6.07, 6.45) is 0. The molecule has 0 N–H and O–H groups in total. The minimum Gasteiger partial charge on any atom is -0.569 e. The smallest absolute Gasteiger partial charge is 0.166 e. The molecular weight excluding hydrogens is 417 g/mol. The average molecular weight is 436 g/mol. The summed E-state index contributed by atoms with van der Waals surface area (Å²) in [7, 11) is -4.78. The van der Waals surface area contributed by atoms with E-state index in [0.717, 1.165) is 20.8 Å². The molecule has 0 radical (unpaired) electrons. The molecule has 4 aromatic carbocycles. The van der Waals surface area contributed by atoms with Crippen LogP contribution in [0.1, 0.15) is 0 Å². The summed E-state index contributed by atoms with van der Waals surface area (Å²) in [5, 5.41) is 0. The lowest BCUT2D eigenvalue weighted by molar-refractivity contribution is 0.571. The zero-order valence-electron chi connectivity index (χ0n) is 15.9. The van der Waals surface area contributed by atoms with Gasteiger partial charge in [0.2, 0.25) is 0 Å². The third kappa shape index (κ3) is 4.25. The number of rotatable bonds is 6. The van der Waals surface area contributed by atoms with E-state index in [1.165, 1.54) is 18.2 Å². The van der Waals surface area contributed by atoms with Crippen LogP contribution in [0, 0.1) is 5.82 Å². The molecule has 0 unspecified atom stereocenters. The maximum absolute atomic E-state index is 14.1. The number of sulfonamides is 1. The summed E-state index contributed by atoms with van der Waals surface area (Å²) in [5.74, 6) is -0.816. The molecule has 0 bridgehead atoms. The molecule has 0 aliphatic heterocycles. The first-order chi connectivity index (χ1) is 14.6. The lowest BCUT2D eigenvalue weighted by atomic mass is 10.3. The second kappa shape index (κ2) is 8.73. The van der Waals surface area contributed by atoms with Crippen molar-refractivity contribution in [2.75, 3.05) is 0 Å². The van der Waals surface area contributed by atoms with Crippen LogP contribution in [0.2, 0.25) is 0 Å². The summed E-state index contributed by atoms with van der Waals surface area (Å²) < 4.78 is 43.9. The Labute approximate surface area is 178 Å². The Hall–Kier alpha value is -3.09. The highest BCUT2D eigenvalue weighted by atomic mass is 32.2. The van der Waals surface area contributed by atoms with Gasteiger partial charge in [0.15, 0.2) is 14.7 Å². The highest BCUT2D eigenvalue weighted by Gasteiger charge is 2.29. The molecule has 150 valence electrons. The van der Waals surface area contributed by atoms with Crippen molar-refractivity contribution in [2.45, 2.75) is 19.6 Å². The van der Waals surface area contributed by atoms with Gasteiger partial charge >= 0.3 is 0 Å². The van der Waals surface area contributed by atoms with E-state index in [1.807, 2.05) is 72.8 Å². The van der Waals surface area contributed by atoms with E-state index in [1.54, 1.807) is 12.1 Å². The van der Waals surface area contributed by atoms with Crippen molar-refractivity contribution in [1.82, 2.24) is 0 Å². The standard InChI is InChI=1S/C24H18FNO2S2/c25-21-15-7-10-18-24(21)30(27,28)26-22-16-8-9-17-23(22)29(19-11-3-1-4-12-19)20-13-5-2-6-14-20/h1-18H. The Bertz CT molecular complexity index is 1210. The fourth-order valence-electron chi connectivity index (χ4n) is 3.04. The Balaban J connectivity index is 1.83. The molecule has 4 rings (SSSR count). The predicted octanol–water partition coefficient (Wildman–Crippen LogP) is 6.32. The monoisotopic (exact) mass is 435 g/mol. The van der Waals surface area contributed by atoms with Gasteiger partial charge in [-0.25, -0.2) is 12.8 Å². The van der Waals surface area contributed by atoms with E-state index in [2.05, 4.69) is 4.72 Å². The van der Waals surface area contributed by atoms with Gasteiger partial charge in [0.25, 0.3) is 0 Å². The zero-order chi connectivity index (χ0) is 21.0. The lowest BCUT2D eigenvalue weighted by Crippen LogP contribution is -2.07.